The number of hydrogen-bond donors (Lipinski definition) is 1. The Kier molecular flexibility index (Phi) is 11.2. The summed E-state index contributed by atoms with van der Waals surface area (Å²) in [5.74, 6) is -0.855. The van der Waals surface area contributed by atoms with Gasteiger partial charge in [0.1, 0.15) is 10.9 Å². The van der Waals surface area contributed by atoms with E-state index < -0.39 is 0 Å². The second-order valence-electron chi connectivity index (χ2n) is 11.0. The first-order valence-electron chi connectivity index (χ1n) is 14.9. The lowest BCUT2D eigenvalue weighted by Crippen LogP contribution is -2.35. The van der Waals surface area contributed by atoms with Gasteiger partial charge in [0.15, 0.2) is 0 Å². The Hall–Kier alpha value is -2.97. The lowest BCUT2D eigenvalue weighted by atomic mass is 10.1. The van der Waals surface area contributed by atoms with Gasteiger partial charge in [-0.25, -0.2) is 0 Å². The monoisotopic (exact) mass is 591 g/mol. The van der Waals surface area contributed by atoms with Gasteiger partial charge >= 0.3 is 0 Å². The van der Waals surface area contributed by atoms with Gasteiger partial charge in [0.2, 0.25) is 5.91 Å². The molecule has 1 N–H and O–H groups in total. The standard InChI is InChI=1S/C33H41N3O3S2/c1-4-5-6-7-8-9-10-11-12-15-20-35-32(39)30(41-33(35)40)29-25-16-13-14-17-27(25)36(31(29)38)22-28(37)34-26-19-18-23(2)21-24(26)3/h13-14,16-19,21H,4-12,15,20,22H2,1-3H3,(H,34,37). The molecule has 41 heavy (non-hydrogen) atoms. The Labute approximate surface area is 253 Å². The summed E-state index contributed by atoms with van der Waals surface area (Å²) in [6, 6.07) is 13.1. The van der Waals surface area contributed by atoms with E-state index in [0.29, 0.717) is 38.3 Å². The molecular weight excluding hydrogens is 551 g/mol. The Morgan fingerprint density at radius 3 is 2.20 bits per heavy atom. The van der Waals surface area contributed by atoms with Crippen molar-refractivity contribution in [2.45, 2.75) is 85.0 Å². The van der Waals surface area contributed by atoms with Crippen LogP contribution < -0.4 is 10.2 Å². The molecule has 1 fully saturated rings. The van der Waals surface area contributed by atoms with Crippen molar-refractivity contribution in [3.05, 3.63) is 64.1 Å². The van der Waals surface area contributed by atoms with Gasteiger partial charge in [-0.15, -0.1) is 0 Å². The van der Waals surface area contributed by atoms with E-state index in [9.17, 15) is 14.4 Å². The van der Waals surface area contributed by atoms with Crippen LogP contribution in [0.3, 0.4) is 0 Å². The van der Waals surface area contributed by atoms with E-state index in [2.05, 4.69) is 12.2 Å². The number of thioether (sulfide) groups is 1. The lowest BCUT2D eigenvalue weighted by molar-refractivity contribution is -0.122. The fourth-order valence-corrected chi connectivity index (χ4v) is 6.82. The fraction of sp³-hybridized carbons (Fsp3) is 0.455. The summed E-state index contributed by atoms with van der Waals surface area (Å²) in [5, 5.41) is 2.93. The lowest BCUT2D eigenvalue weighted by Gasteiger charge is -2.17. The number of amides is 3. The van der Waals surface area contributed by atoms with E-state index >= 15 is 0 Å². The highest BCUT2D eigenvalue weighted by atomic mass is 32.2. The third-order valence-corrected chi connectivity index (χ3v) is 9.14. The van der Waals surface area contributed by atoms with E-state index in [-0.39, 0.29) is 24.3 Å². The maximum Gasteiger partial charge on any atom is 0.267 e. The topological polar surface area (TPSA) is 69.7 Å². The number of fused-ring (bicyclic) bond motifs is 1. The Bertz CT molecular complexity index is 1340. The highest BCUT2D eigenvalue weighted by molar-refractivity contribution is 8.26. The van der Waals surface area contributed by atoms with Crippen molar-refractivity contribution in [1.82, 2.24) is 4.90 Å². The maximum atomic E-state index is 13.7. The van der Waals surface area contributed by atoms with Gasteiger partial charge in [0.05, 0.1) is 16.2 Å². The first-order valence-corrected chi connectivity index (χ1v) is 16.1. The van der Waals surface area contributed by atoms with E-state index in [1.807, 2.05) is 56.3 Å². The molecule has 0 radical (unpaired) electrons. The van der Waals surface area contributed by atoms with E-state index in [0.717, 1.165) is 30.4 Å². The van der Waals surface area contributed by atoms with Crippen LogP contribution in [0.1, 0.15) is 87.8 Å². The van der Waals surface area contributed by atoms with Gasteiger partial charge < -0.3 is 5.32 Å². The molecule has 218 valence electrons. The van der Waals surface area contributed by atoms with E-state index in [1.165, 1.54) is 61.6 Å². The van der Waals surface area contributed by atoms with Gasteiger partial charge in [-0.1, -0.05) is 125 Å². The summed E-state index contributed by atoms with van der Waals surface area (Å²) in [6.07, 6.45) is 12.2. The molecule has 4 rings (SSSR count). The number of para-hydroxylation sites is 1. The zero-order valence-electron chi connectivity index (χ0n) is 24.5. The van der Waals surface area contributed by atoms with Crippen molar-refractivity contribution in [2.24, 2.45) is 0 Å². The molecule has 3 amide bonds. The zero-order valence-corrected chi connectivity index (χ0v) is 26.1. The number of nitrogens with zero attached hydrogens (tertiary/aromatic N) is 2. The number of hydrogen-bond acceptors (Lipinski definition) is 5. The summed E-state index contributed by atoms with van der Waals surface area (Å²) in [6.45, 7) is 6.60. The Morgan fingerprint density at radius 1 is 0.854 bits per heavy atom. The Morgan fingerprint density at radius 2 is 1.51 bits per heavy atom. The predicted octanol–water partition coefficient (Wildman–Crippen LogP) is 7.78. The van der Waals surface area contributed by atoms with Crippen molar-refractivity contribution < 1.29 is 14.4 Å². The van der Waals surface area contributed by atoms with Crippen LogP contribution in [0.5, 0.6) is 0 Å². The summed E-state index contributed by atoms with van der Waals surface area (Å²) >= 11 is 6.77. The smallest absolute Gasteiger partial charge is 0.267 e. The highest BCUT2D eigenvalue weighted by Crippen LogP contribution is 2.44. The number of carbonyl (C=O) groups excluding carboxylic acids is 3. The average molecular weight is 592 g/mol. The Balaban J connectivity index is 1.38. The summed E-state index contributed by atoms with van der Waals surface area (Å²) in [5.41, 5.74) is 4.41. The summed E-state index contributed by atoms with van der Waals surface area (Å²) in [4.78, 5) is 43.7. The molecule has 2 aliphatic rings. The molecule has 2 aromatic carbocycles. The predicted molar refractivity (Wildman–Crippen MR) is 174 cm³/mol. The molecule has 8 heteroatoms. The second kappa shape index (κ2) is 14.8. The highest BCUT2D eigenvalue weighted by Gasteiger charge is 2.42. The number of rotatable bonds is 14. The van der Waals surface area contributed by atoms with Crippen molar-refractivity contribution >= 4 is 63.0 Å². The van der Waals surface area contributed by atoms with E-state index in [4.69, 9.17) is 12.2 Å². The molecule has 2 aliphatic heterocycles. The van der Waals surface area contributed by atoms with Crippen LogP contribution >= 0.6 is 24.0 Å². The zero-order chi connectivity index (χ0) is 29.4. The van der Waals surface area contributed by atoms with Crippen LogP contribution in [0.2, 0.25) is 0 Å². The molecule has 2 heterocycles. The van der Waals surface area contributed by atoms with Crippen LogP contribution in [0.25, 0.3) is 5.57 Å². The number of thiocarbonyl (C=S) groups is 1. The van der Waals surface area contributed by atoms with Gasteiger partial charge in [-0.2, -0.15) is 0 Å². The van der Waals surface area contributed by atoms with Crippen LogP contribution in [-0.4, -0.2) is 40.0 Å². The van der Waals surface area contributed by atoms with Crippen molar-refractivity contribution in [2.75, 3.05) is 23.3 Å². The molecule has 0 aromatic heterocycles. The van der Waals surface area contributed by atoms with Crippen LogP contribution in [-0.2, 0) is 14.4 Å². The molecule has 2 aromatic rings. The maximum absolute atomic E-state index is 13.7. The molecule has 0 spiro atoms. The fourth-order valence-electron chi connectivity index (χ4n) is 5.44. The third-order valence-electron chi connectivity index (χ3n) is 7.69. The van der Waals surface area contributed by atoms with Crippen molar-refractivity contribution in [3.63, 3.8) is 0 Å². The number of nitrogens with one attached hydrogen (secondary N) is 1. The summed E-state index contributed by atoms with van der Waals surface area (Å²) in [7, 11) is 0. The largest absolute Gasteiger partial charge is 0.324 e. The molecule has 1 saturated heterocycles. The third kappa shape index (κ3) is 7.66. The van der Waals surface area contributed by atoms with Gasteiger partial charge in [0, 0.05) is 17.8 Å². The minimum Gasteiger partial charge on any atom is -0.324 e. The molecule has 6 nitrogen and oxygen atoms in total. The second-order valence-corrected chi connectivity index (χ2v) is 12.6. The average Bonchev–Trinajstić information content (AvgIpc) is 3.38. The van der Waals surface area contributed by atoms with Crippen LogP contribution in [0.4, 0.5) is 11.4 Å². The number of unbranched alkanes of at least 4 members (excludes halogenated alkanes) is 9. The molecular formula is C33H41N3O3S2. The first-order chi connectivity index (χ1) is 19.8. The minimum absolute atomic E-state index is 0.147. The first kappa shape index (κ1) is 31.0. The number of carbonyl (C=O) groups is 3. The number of aryl methyl sites for hydroxylation is 2. The summed E-state index contributed by atoms with van der Waals surface area (Å²) < 4.78 is 0.491. The normalized spacial score (nSPS) is 16.6. The minimum atomic E-state index is -0.346. The number of anilines is 2. The van der Waals surface area contributed by atoms with Crippen molar-refractivity contribution in [1.29, 1.82) is 0 Å². The molecule has 0 aliphatic carbocycles. The van der Waals surface area contributed by atoms with Gasteiger partial charge in [-0.3, -0.25) is 24.2 Å². The van der Waals surface area contributed by atoms with Crippen LogP contribution in [0, 0.1) is 13.8 Å². The molecule has 0 bridgehead atoms. The molecule has 0 unspecified atom stereocenters. The quantitative estimate of drug-likeness (QED) is 0.138. The number of benzene rings is 2. The van der Waals surface area contributed by atoms with Gasteiger partial charge in [-0.05, 0) is 38.0 Å². The molecule has 0 saturated carbocycles. The molecule has 0 atom stereocenters. The van der Waals surface area contributed by atoms with Crippen LogP contribution in [0.15, 0.2) is 47.4 Å². The SMILES string of the molecule is CCCCCCCCCCCCN1C(=O)C(=C2C(=O)N(CC(=O)Nc3ccc(C)cc3C)c3ccccc32)SC1=S. The van der Waals surface area contributed by atoms with E-state index in [1.54, 1.807) is 4.90 Å². The van der Waals surface area contributed by atoms with Gasteiger partial charge in [0.25, 0.3) is 11.8 Å². The van der Waals surface area contributed by atoms with Crippen molar-refractivity contribution in [3.8, 4) is 0 Å².